The maximum absolute atomic E-state index is 6.03. The molecule has 0 spiro atoms. The first kappa shape index (κ1) is 19.0. The molecule has 2 nitrogen and oxygen atoms in total. The van der Waals surface area contributed by atoms with E-state index in [2.05, 4.69) is 62.4 Å². The molecule has 0 fully saturated rings. The molecule has 0 saturated heterocycles. The minimum absolute atomic E-state index is 0.143. The van der Waals surface area contributed by atoms with Crippen LogP contribution in [0.4, 0.5) is 0 Å². The number of rotatable bonds is 10. The predicted octanol–water partition coefficient (Wildman–Crippen LogP) is 4.00. The topological polar surface area (TPSA) is 18.5 Å². The summed E-state index contributed by atoms with van der Waals surface area (Å²) in [4.78, 5) is 0. The molecular formula is C21H26O2Se. The van der Waals surface area contributed by atoms with Gasteiger partial charge in [-0.05, 0) is 0 Å². The first-order chi connectivity index (χ1) is 11.7. The van der Waals surface area contributed by atoms with Gasteiger partial charge in [0.25, 0.3) is 0 Å². The van der Waals surface area contributed by atoms with Crippen LogP contribution in [-0.2, 0) is 16.1 Å². The molecule has 0 amide bonds. The van der Waals surface area contributed by atoms with Crippen molar-refractivity contribution in [3.05, 3.63) is 77.9 Å². The second-order valence-electron chi connectivity index (χ2n) is 5.86. The normalized spacial score (nSPS) is 11.9. The molecule has 2 aromatic carbocycles. The third-order valence-electron chi connectivity index (χ3n) is 3.42. The molecule has 1 unspecified atom stereocenters. The summed E-state index contributed by atoms with van der Waals surface area (Å²) < 4.78 is 13.3. The van der Waals surface area contributed by atoms with Gasteiger partial charge in [0.1, 0.15) is 0 Å². The van der Waals surface area contributed by atoms with E-state index in [9.17, 15) is 0 Å². The summed E-state index contributed by atoms with van der Waals surface area (Å²) in [6.07, 6.45) is 2.27. The monoisotopic (exact) mass is 390 g/mol. The van der Waals surface area contributed by atoms with Gasteiger partial charge in [0, 0.05) is 0 Å². The Morgan fingerprint density at radius 3 is 2.33 bits per heavy atom. The third kappa shape index (κ3) is 7.94. The van der Waals surface area contributed by atoms with Crippen LogP contribution in [-0.4, -0.2) is 34.3 Å². The van der Waals surface area contributed by atoms with Gasteiger partial charge < -0.3 is 0 Å². The van der Waals surface area contributed by atoms with Crippen molar-refractivity contribution in [1.82, 2.24) is 0 Å². The summed E-state index contributed by atoms with van der Waals surface area (Å²) in [5.41, 5.74) is 2.49. The summed E-state index contributed by atoms with van der Waals surface area (Å²) >= 11 is 0.410. The molecule has 0 aliphatic heterocycles. The zero-order valence-corrected chi connectivity index (χ0v) is 16.2. The molecule has 0 aromatic heterocycles. The Morgan fingerprint density at radius 1 is 1.00 bits per heavy atom. The van der Waals surface area contributed by atoms with Crippen molar-refractivity contribution in [2.45, 2.75) is 31.9 Å². The SMILES string of the molecule is CC(C)=CCOC(COCc1ccccc1)C[Se]c1ccccc1. The molecule has 3 heteroatoms. The van der Waals surface area contributed by atoms with Crippen LogP contribution >= 0.6 is 0 Å². The molecule has 0 aliphatic rings. The Kier molecular flexibility index (Phi) is 8.86. The standard InChI is InChI=1S/C21H26O2Se/c1-18(2)13-14-23-20(17-24-21-11-7-4-8-12-21)16-22-15-19-9-5-3-6-10-19/h3-13,20H,14-17H2,1-2H3. The summed E-state index contributed by atoms with van der Waals surface area (Å²) in [5, 5.41) is 1.03. The first-order valence-electron chi connectivity index (χ1n) is 8.28. The molecule has 0 aliphatic carbocycles. The predicted molar refractivity (Wildman–Crippen MR) is 102 cm³/mol. The average molecular weight is 389 g/mol. The van der Waals surface area contributed by atoms with Crippen LogP contribution in [0.2, 0.25) is 5.32 Å². The number of hydrogen-bond donors (Lipinski definition) is 0. The number of hydrogen-bond acceptors (Lipinski definition) is 2. The fourth-order valence-corrected chi connectivity index (χ4v) is 4.01. The fraction of sp³-hybridized carbons (Fsp3) is 0.333. The van der Waals surface area contributed by atoms with Crippen molar-refractivity contribution in [2.24, 2.45) is 0 Å². The van der Waals surface area contributed by atoms with Gasteiger partial charge in [-0.1, -0.05) is 0 Å². The molecule has 0 N–H and O–H groups in total. The van der Waals surface area contributed by atoms with Crippen LogP contribution in [0.5, 0.6) is 0 Å². The molecule has 1 atom stereocenters. The summed E-state index contributed by atoms with van der Waals surface area (Å²) in [6, 6.07) is 20.9. The third-order valence-corrected chi connectivity index (χ3v) is 5.82. The Labute approximate surface area is 152 Å². The molecule has 0 radical (unpaired) electrons. The van der Waals surface area contributed by atoms with E-state index < -0.39 is 0 Å². The van der Waals surface area contributed by atoms with Gasteiger partial charge in [0.15, 0.2) is 0 Å². The van der Waals surface area contributed by atoms with E-state index in [1.54, 1.807) is 0 Å². The molecule has 2 rings (SSSR count). The molecule has 0 heterocycles. The van der Waals surface area contributed by atoms with Gasteiger partial charge in [-0.3, -0.25) is 0 Å². The van der Waals surface area contributed by atoms with E-state index in [-0.39, 0.29) is 6.10 Å². The van der Waals surface area contributed by atoms with Gasteiger partial charge in [-0.2, -0.15) is 0 Å². The van der Waals surface area contributed by atoms with Gasteiger partial charge in [0.05, 0.1) is 0 Å². The van der Waals surface area contributed by atoms with Crippen molar-refractivity contribution in [2.75, 3.05) is 13.2 Å². The molecule has 128 valence electrons. The summed E-state index contributed by atoms with van der Waals surface area (Å²) in [5.74, 6) is 0. The number of benzene rings is 2. The van der Waals surface area contributed by atoms with E-state index in [1.807, 2.05) is 18.2 Å². The van der Waals surface area contributed by atoms with Crippen LogP contribution in [0.25, 0.3) is 0 Å². The van der Waals surface area contributed by atoms with Gasteiger partial charge in [0.2, 0.25) is 0 Å². The number of allylic oxidation sites excluding steroid dienone is 1. The van der Waals surface area contributed by atoms with Crippen LogP contribution in [0, 0.1) is 0 Å². The Balaban J connectivity index is 1.81. The van der Waals surface area contributed by atoms with Crippen LogP contribution in [0.1, 0.15) is 19.4 Å². The molecule has 2 aromatic rings. The molecule has 0 bridgehead atoms. The van der Waals surface area contributed by atoms with E-state index in [1.165, 1.54) is 15.6 Å². The van der Waals surface area contributed by atoms with Crippen LogP contribution in [0.15, 0.2) is 72.3 Å². The zero-order valence-electron chi connectivity index (χ0n) is 14.5. The van der Waals surface area contributed by atoms with E-state index in [0.717, 1.165) is 5.32 Å². The Morgan fingerprint density at radius 2 is 1.67 bits per heavy atom. The van der Waals surface area contributed by atoms with E-state index in [4.69, 9.17) is 9.47 Å². The van der Waals surface area contributed by atoms with Crippen molar-refractivity contribution in [3.63, 3.8) is 0 Å². The molecule has 24 heavy (non-hydrogen) atoms. The summed E-state index contributed by atoms with van der Waals surface area (Å²) in [7, 11) is 0. The fourth-order valence-electron chi connectivity index (χ4n) is 2.08. The van der Waals surface area contributed by atoms with Gasteiger partial charge in [-0.25, -0.2) is 0 Å². The maximum atomic E-state index is 6.03. The summed E-state index contributed by atoms with van der Waals surface area (Å²) in [6.45, 7) is 6.13. The van der Waals surface area contributed by atoms with Crippen molar-refractivity contribution < 1.29 is 9.47 Å². The second-order valence-corrected chi connectivity index (χ2v) is 8.16. The quantitative estimate of drug-likeness (QED) is 0.452. The van der Waals surface area contributed by atoms with Gasteiger partial charge >= 0.3 is 152 Å². The Hall–Kier alpha value is -1.38. The van der Waals surface area contributed by atoms with Crippen molar-refractivity contribution in [3.8, 4) is 0 Å². The molecule has 0 saturated carbocycles. The van der Waals surface area contributed by atoms with Crippen molar-refractivity contribution in [1.29, 1.82) is 0 Å². The Bertz CT molecular complexity index is 592. The molecular weight excluding hydrogens is 363 g/mol. The van der Waals surface area contributed by atoms with Crippen molar-refractivity contribution >= 4 is 19.4 Å². The first-order valence-corrected chi connectivity index (χ1v) is 10.4. The van der Waals surface area contributed by atoms with E-state index in [0.29, 0.717) is 34.8 Å². The second kappa shape index (κ2) is 11.2. The van der Waals surface area contributed by atoms with Crippen LogP contribution < -0.4 is 4.46 Å². The van der Waals surface area contributed by atoms with E-state index >= 15 is 0 Å². The minimum atomic E-state index is 0.143. The number of ether oxygens (including phenoxy) is 2. The zero-order chi connectivity index (χ0) is 17.0. The van der Waals surface area contributed by atoms with Gasteiger partial charge in [-0.15, -0.1) is 0 Å². The average Bonchev–Trinajstić information content (AvgIpc) is 2.61. The van der Waals surface area contributed by atoms with Crippen LogP contribution in [0.3, 0.4) is 0 Å².